The number of thiocarbonyl (C=S) groups is 1. The molecule has 2 N–H and O–H groups in total. The summed E-state index contributed by atoms with van der Waals surface area (Å²) in [6.45, 7) is 8.98. The highest BCUT2D eigenvalue weighted by Crippen LogP contribution is 2.31. The Hall–Kier alpha value is -0.680. The molecule has 98 valence electrons. The van der Waals surface area contributed by atoms with Crippen molar-refractivity contribution in [3.05, 3.63) is 0 Å². The molecule has 0 aromatic heterocycles. The van der Waals surface area contributed by atoms with E-state index in [0.717, 1.165) is 12.8 Å². The highest BCUT2D eigenvalue weighted by molar-refractivity contribution is 7.80. The summed E-state index contributed by atoms with van der Waals surface area (Å²) in [4.78, 5) is 17.6. The van der Waals surface area contributed by atoms with Crippen molar-refractivity contribution in [3.63, 3.8) is 0 Å². The zero-order chi connectivity index (χ0) is 13.3. The number of nitrogens with zero attached hydrogens (tertiary/aromatic N) is 1. The zero-order valence-electron chi connectivity index (χ0n) is 11.1. The summed E-state index contributed by atoms with van der Waals surface area (Å²) < 4.78 is 0. The number of carbonyl (C=O) groups excluding carboxylic acids is 1. The van der Waals surface area contributed by atoms with E-state index in [1.807, 2.05) is 20.8 Å². The molecule has 0 aliphatic carbocycles. The molecular weight excluding hydrogens is 236 g/mol. The van der Waals surface area contributed by atoms with Crippen LogP contribution in [-0.2, 0) is 9.63 Å². The fraction of sp³-hybridized carbons (Fsp3) is 0.833. The Bertz CT molecular complexity index is 315. The molecule has 1 aliphatic heterocycles. The van der Waals surface area contributed by atoms with Crippen LogP contribution in [0.2, 0.25) is 0 Å². The standard InChI is InChI=1S/C12H22N2O2S/c1-11(2,3)10(15)16-14-7-5-12(4,6-8-14)9(13)17/h5-8H2,1-4H3,(H2,13,17). The van der Waals surface area contributed by atoms with Crippen LogP contribution in [0.3, 0.4) is 0 Å². The molecule has 1 rings (SSSR count). The van der Waals surface area contributed by atoms with Crippen LogP contribution in [-0.4, -0.2) is 29.1 Å². The van der Waals surface area contributed by atoms with Crippen LogP contribution in [0.15, 0.2) is 0 Å². The van der Waals surface area contributed by atoms with Gasteiger partial charge in [-0.05, 0) is 33.6 Å². The SMILES string of the molecule is CC(C)(C)C(=O)ON1CCC(C)(C(N)=S)CC1. The third kappa shape index (κ3) is 3.64. The number of rotatable bonds is 2. The topological polar surface area (TPSA) is 55.6 Å². The molecule has 5 heteroatoms. The Balaban J connectivity index is 2.49. The molecule has 1 aliphatic rings. The third-order valence-corrected chi connectivity index (χ3v) is 3.74. The van der Waals surface area contributed by atoms with Gasteiger partial charge in [0.2, 0.25) is 0 Å². The van der Waals surface area contributed by atoms with E-state index in [9.17, 15) is 4.79 Å². The van der Waals surface area contributed by atoms with E-state index in [0.29, 0.717) is 18.1 Å². The molecule has 4 nitrogen and oxygen atoms in total. The summed E-state index contributed by atoms with van der Waals surface area (Å²) in [7, 11) is 0. The predicted molar refractivity (Wildman–Crippen MR) is 71.2 cm³/mol. The van der Waals surface area contributed by atoms with E-state index in [-0.39, 0.29) is 11.4 Å². The van der Waals surface area contributed by atoms with E-state index in [1.54, 1.807) is 5.06 Å². The molecule has 0 amide bonds. The molecule has 1 heterocycles. The lowest BCUT2D eigenvalue weighted by atomic mass is 9.81. The molecule has 0 aromatic rings. The van der Waals surface area contributed by atoms with Crippen LogP contribution in [0.5, 0.6) is 0 Å². The number of carbonyl (C=O) groups is 1. The minimum atomic E-state index is -0.468. The van der Waals surface area contributed by atoms with Crippen molar-refractivity contribution in [2.75, 3.05) is 13.1 Å². The van der Waals surface area contributed by atoms with Crippen LogP contribution in [0.25, 0.3) is 0 Å². The monoisotopic (exact) mass is 258 g/mol. The molecular formula is C12H22N2O2S. The molecule has 17 heavy (non-hydrogen) atoms. The maximum absolute atomic E-state index is 11.7. The highest BCUT2D eigenvalue weighted by Gasteiger charge is 2.35. The summed E-state index contributed by atoms with van der Waals surface area (Å²) in [5.41, 5.74) is 5.16. The molecule has 0 aromatic carbocycles. The van der Waals surface area contributed by atoms with Gasteiger partial charge in [-0.15, -0.1) is 5.06 Å². The van der Waals surface area contributed by atoms with Gasteiger partial charge in [-0.3, -0.25) is 0 Å². The number of hydrogen-bond donors (Lipinski definition) is 1. The van der Waals surface area contributed by atoms with Gasteiger partial charge in [-0.25, -0.2) is 4.79 Å². The molecule has 0 bridgehead atoms. The van der Waals surface area contributed by atoms with E-state index in [2.05, 4.69) is 6.92 Å². The highest BCUT2D eigenvalue weighted by atomic mass is 32.1. The lowest BCUT2D eigenvalue weighted by molar-refractivity contribution is -0.207. The predicted octanol–water partition coefficient (Wildman–Crippen LogP) is 1.88. The lowest BCUT2D eigenvalue weighted by Crippen LogP contribution is -2.46. The lowest BCUT2D eigenvalue weighted by Gasteiger charge is -2.38. The minimum absolute atomic E-state index is 0.0972. The van der Waals surface area contributed by atoms with Crippen LogP contribution in [0, 0.1) is 10.8 Å². The van der Waals surface area contributed by atoms with Crippen molar-refractivity contribution in [1.29, 1.82) is 0 Å². The van der Waals surface area contributed by atoms with Gasteiger partial charge in [-0.1, -0.05) is 19.1 Å². The van der Waals surface area contributed by atoms with Gasteiger partial charge in [0, 0.05) is 18.5 Å². The van der Waals surface area contributed by atoms with Crippen molar-refractivity contribution >= 4 is 23.2 Å². The van der Waals surface area contributed by atoms with Crippen molar-refractivity contribution < 1.29 is 9.63 Å². The molecule has 1 fully saturated rings. The van der Waals surface area contributed by atoms with Gasteiger partial charge < -0.3 is 10.6 Å². The summed E-state index contributed by atoms with van der Waals surface area (Å²) in [5, 5.41) is 1.72. The molecule has 0 radical (unpaired) electrons. The Morgan fingerprint density at radius 1 is 1.35 bits per heavy atom. The van der Waals surface area contributed by atoms with E-state index in [4.69, 9.17) is 22.8 Å². The van der Waals surface area contributed by atoms with Crippen molar-refractivity contribution in [1.82, 2.24) is 5.06 Å². The zero-order valence-corrected chi connectivity index (χ0v) is 11.9. The number of nitrogens with two attached hydrogens (primary N) is 1. The minimum Gasteiger partial charge on any atom is -0.393 e. The first-order valence-electron chi connectivity index (χ1n) is 5.92. The number of hydroxylamine groups is 2. The second kappa shape index (κ2) is 4.90. The van der Waals surface area contributed by atoms with Gasteiger partial charge in [0.1, 0.15) is 0 Å². The first-order valence-corrected chi connectivity index (χ1v) is 6.33. The van der Waals surface area contributed by atoms with Crippen LogP contribution < -0.4 is 5.73 Å². The quantitative estimate of drug-likeness (QED) is 0.766. The first kappa shape index (κ1) is 14.4. The van der Waals surface area contributed by atoms with Gasteiger partial charge in [-0.2, -0.15) is 0 Å². The number of hydrogen-bond acceptors (Lipinski definition) is 4. The Morgan fingerprint density at radius 3 is 2.18 bits per heavy atom. The maximum atomic E-state index is 11.7. The van der Waals surface area contributed by atoms with E-state index in [1.165, 1.54) is 0 Å². The Morgan fingerprint density at radius 2 is 1.82 bits per heavy atom. The molecule has 0 unspecified atom stereocenters. The van der Waals surface area contributed by atoms with Gasteiger partial charge in [0.25, 0.3) is 0 Å². The average Bonchev–Trinajstić information content (AvgIpc) is 2.20. The molecule has 0 saturated carbocycles. The first-order chi connectivity index (χ1) is 7.65. The summed E-state index contributed by atoms with van der Waals surface area (Å²) in [6.07, 6.45) is 1.67. The summed E-state index contributed by atoms with van der Waals surface area (Å²) in [6, 6.07) is 0. The Labute approximate surface area is 108 Å². The second-order valence-electron chi connectivity index (χ2n) is 5.98. The second-order valence-corrected chi connectivity index (χ2v) is 6.42. The van der Waals surface area contributed by atoms with Gasteiger partial charge in [0.15, 0.2) is 0 Å². The van der Waals surface area contributed by atoms with Crippen LogP contribution in [0.4, 0.5) is 0 Å². The van der Waals surface area contributed by atoms with Crippen LogP contribution in [0.1, 0.15) is 40.5 Å². The normalized spacial score (nSPS) is 20.9. The molecule has 1 saturated heterocycles. The largest absolute Gasteiger partial charge is 0.393 e. The summed E-state index contributed by atoms with van der Waals surface area (Å²) >= 11 is 5.07. The van der Waals surface area contributed by atoms with Crippen LogP contribution >= 0.6 is 12.2 Å². The van der Waals surface area contributed by atoms with E-state index >= 15 is 0 Å². The van der Waals surface area contributed by atoms with Crippen molar-refractivity contribution in [2.45, 2.75) is 40.5 Å². The van der Waals surface area contributed by atoms with Crippen molar-refractivity contribution in [3.8, 4) is 0 Å². The van der Waals surface area contributed by atoms with E-state index < -0.39 is 5.41 Å². The molecule has 0 spiro atoms. The van der Waals surface area contributed by atoms with Gasteiger partial charge >= 0.3 is 5.97 Å². The Kier molecular flexibility index (Phi) is 4.15. The average molecular weight is 258 g/mol. The fourth-order valence-corrected chi connectivity index (χ4v) is 1.78. The third-order valence-electron chi connectivity index (χ3n) is 3.25. The number of piperidine rings is 1. The smallest absolute Gasteiger partial charge is 0.330 e. The fourth-order valence-electron chi connectivity index (χ4n) is 1.57. The van der Waals surface area contributed by atoms with Gasteiger partial charge in [0.05, 0.1) is 10.4 Å². The molecule has 0 atom stereocenters. The van der Waals surface area contributed by atoms with Crippen molar-refractivity contribution in [2.24, 2.45) is 16.6 Å². The maximum Gasteiger partial charge on any atom is 0.330 e. The summed E-state index contributed by atoms with van der Waals surface area (Å²) in [5.74, 6) is -0.198.